The highest BCUT2D eigenvalue weighted by Crippen LogP contribution is 2.38. The lowest BCUT2D eigenvalue weighted by Gasteiger charge is -2.14. The summed E-state index contributed by atoms with van der Waals surface area (Å²) in [6.07, 6.45) is 0. The molecule has 0 amide bonds. The number of hydrogen-bond donors (Lipinski definition) is 1. The van der Waals surface area contributed by atoms with Crippen molar-refractivity contribution >= 4 is 54.5 Å². The Kier molecular flexibility index (Phi) is 5.53. The van der Waals surface area contributed by atoms with Gasteiger partial charge in [0.2, 0.25) is 0 Å². The van der Waals surface area contributed by atoms with Crippen LogP contribution in [0.15, 0.2) is 158 Å². The maximum absolute atomic E-state index is 3.69. The topological polar surface area (TPSA) is 12.0 Å². The molecule has 0 aliphatic rings. The van der Waals surface area contributed by atoms with Crippen molar-refractivity contribution in [3.63, 3.8) is 0 Å². The van der Waals surface area contributed by atoms with Crippen LogP contribution in [-0.4, -0.2) is 0 Å². The van der Waals surface area contributed by atoms with Gasteiger partial charge in [0.05, 0.1) is 0 Å². The molecule has 0 aliphatic heterocycles. The van der Waals surface area contributed by atoms with Gasteiger partial charge >= 0.3 is 0 Å². The molecule has 192 valence electrons. The molecule has 0 spiro atoms. The zero-order valence-corrected chi connectivity index (χ0v) is 22.5. The van der Waals surface area contributed by atoms with E-state index >= 15 is 0 Å². The smallest absolute Gasteiger partial charge is 0.0390 e. The third-order valence-electron chi connectivity index (χ3n) is 8.17. The maximum Gasteiger partial charge on any atom is 0.0390 e. The number of fused-ring (bicyclic) bond motifs is 6. The van der Waals surface area contributed by atoms with E-state index < -0.39 is 0 Å². The molecule has 0 heterocycles. The SMILES string of the molecule is c1cc(Nc2cccc(-c3cc4ccccc4c4ccccc34)c2)cc(-c2cc3ccccc3c3ccccc23)c1. The van der Waals surface area contributed by atoms with Gasteiger partial charge in [0, 0.05) is 11.4 Å². The van der Waals surface area contributed by atoms with E-state index in [-0.39, 0.29) is 0 Å². The van der Waals surface area contributed by atoms with Crippen LogP contribution in [0.25, 0.3) is 65.3 Å². The van der Waals surface area contributed by atoms with Crippen molar-refractivity contribution in [2.75, 3.05) is 5.32 Å². The summed E-state index contributed by atoms with van der Waals surface area (Å²) in [5, 5.41) is 13.9. The van der Waals surface area contributed by atoms with Gasteiger partial charge in [0.15, 0.2) is 0 Å². The lowest BCUT2D eigenvalue weighted by molar-refractivity contribution is 1.54. The number of anilines is 2. The second-order valence-electron chi connectivity index (χ2n) is 10.7. The van der Waals surface area contributed by atoms with E-state index in [1.165, 1.54) is 65.3 Å². The molecule has 0 unspecified atom stereocenters. The molecule has 1 heteroatoms. The third-order valence-corrected chi connectivity index (χ3v) is 8.17. The predicted octanol–water partition coefficient (Wildman–Crippen LogP) is 11.4. The van der Waals surface area contributed by atoms with Crippen LogP contribution in [0.2, 0.25) is 0 Å². The first-order chi connectivity index (χ1) is 20.3. The second kappa shape index (κ2) is 9.66. The number of rotatable bonds is 4. The van der Waals surface area contributed by atoms with Crippen LogP contribution in [0.4, 0.5) is 11.4 Å². The van der Waals surface area contributed by atoms with E-state index in [1.54, 1.807) is 0 Å². The number of benzene rings is 8. The molecule has 1 N–H and O–H groups in total. The molecule has 0 aliphatic carbocycles. The molecule has 41 heavy (non-hydrogen) atoms. The quantitative estimate of drug-likeness (QED) is 0.227. The molecular weight excluding hydrogens is 494 g/mol. The monoisotopic (exact) mass is 521 g/mol. The Morgan fingerprint density at radius 1 is 0.293 bits per heavy atom. The Bertz CT molecular complexity index is 2080. The summed E-state index contributed by atoms with van der Waals surface area (Å²) >= 11 is 0. The van der Waals surface area contributed by atoms with Crippen molar-refractivity contribution in [1.82, 2.24) is 0 Å². The van der Waals surface area contributed by atoms with Crippen LogP contribution in [-0.2, 0) is 0 Å². The minimum absolute atomic E-state index is 1.07. The van der Waals surface area contributed by atoms with Crippen molar-refractivity contribution in [2.24, 2.45) is 0 Å². The molecule has 8 aromatic rings. The van der Waals surface area contributed by atoms with Crippen LogP contribution in [0.1, 0.15) is 0 Å². The first-order valence-electron chi connectivity index (χ1n) is 14.1. The lowest BCUT2D eigenvalue weighted by atomic mass is 9.93. The van der Waals surface area contributed by atoms with Crippen LogP contribution in [0.5, 0.6) is 0 Å². The summed E-state index contributed by atoms with van der Waals surface area (Å²) in [7, 11) is 0. The Balaban J connectivity index is 1.20. The van der Waals surface area contributed by atoms with Gasteiger partial charge < -0.3 is 5.32 Å². The minimum atomic E-state index is 1.07. The van der Waals surface area contributed by atoms with Gasteiger partial charge in [-0.1, -0.05) is 121 Å². The molecular formula is C40H27N. The van der Waals surface area contributed by atoms with Gasteiger partial charge in [-0.05, 0) is 102 Å². The lowest BCUT2D eigenvalue weighted by Crippen LogP contribution is -1.92. The van der Waals surface area contributed by atoms with Crippen LogP contribution in [0.3, 0.4) is 0 Å². The Morgan fingerprint density at radius 3 is 1.15 bits per heavy atom. The Labute approximate surface area is 239 Å². The first-order valence-corrected chi connectivity index (χ1v) is 14.1. The average Bonchev–Trinajstić information content (AvgIpc) is 3.04. The summed E-state index contributed by atoms with van der Waals surface area (Å²) in [5.41, 5.74) is 7.04. The Hall–Kier alpha value is -5.40. The molecule has 0 atom stereocenters. The fourth-order valence-electron chi connectivity index (χ4n) is 6.28. The molecule has 0 bridgehead atoms. The predicted molar refractivity (Wildman–Crippen MR) is 177 cm³/mol. The Morgan fingerprint density at radius 2 is 0.683 bits per heavy atom. The summed E-state index contributed by atoms with van der Waals surface area (Å²) in [6.45, 7) is 0. The fraction of sp³-hybridized carbons (Fsp3) is 0. The van der Waals surface area contributed by atoms with E-state index in [2.05, 4.69) is 163 Å². The van der Waals surface area contributed by atoms with Gasteiger partial charge in [-0.3, -0.25) is 0 Å². The summed E-state index contributed by atoms with van der Waals surface area (Å²) < 4.78 is 0. The van der Waals surface area contributed by atoms with E-state index in [9.17, 15) is 0 Å². The molecule has 0 fully saturated rings. The van der Waals surface area contributed by atoms with Gasteiger partial charge in [0.25, 0.3) is 0 Å². The number of nitrogens with one attached hydrogen (secondary N) is 1. The zero-order chi connectivity index (χ0) is 27.2. The largest absolute Gasteiger partial charge is 0.355 e. The summed E-state index contributed by atoms with van der Waals surface area (Å²) in [4.78, 5) is 0. The first kappa shape index (κ1) is 23.5. The van der Waals surface area contributed by atoms with Crippen LogP contribution < -0.4 is 5.32 Å². The molecule has 0 aromatic heterocycles. The third kappa shape index (κ3) is 4.11. The normalized spacial score (nSPS) is 11.4. The fourth-order valence-corrected chi connectivity index (χ4v) is 6.28. The van der Waals surface area contributed by atoms with Crippen molar-refractivity contribution in [3.8, 4) is 22.3 Å². The highest BCUT2D eigenvalue weighted by molar-refractivity contribution is 6.15. The minimum Gasteiger partial charge on any atom is -0.355 e. The standard InChI is InChI=1S/C40H27N/c1-3-17-33-29(11-1)25-39(37-21-7-5-19-35(33)37)27-13-9-15-31(23-27)41-32-16-10-14-28(24-32)40-26-30-12-2-4-18-34(30)36-20-6-8-22-38(36)40/h1-26,41H. The van der Waals surface area contributed by atoms with Crippen molar-refractivity contribution in [2.45, 2.75) is 0 Å². The van der Waals surface area contributed by atoms with E-state index in [0.717, 1.165) is 11.4 Å². The van der Waals surface area contributed by atoms with E-state index in [0.29, 0.717) is 0 Å². The highest BCUT2D eigenvalue weighted by atomic mass is 14.9. The summed E-state index contributed by atoms with van der Waals surface area (Å²) in [6, 6.07) is 56.9. The van der Waals surface area contributed by atoms with Gasteiger partial charge in [-0.15, -0.1) is 0 Å². The molecule has 0 radical (unpaired) electrons. The zero-order valence-electron chi connectivity index (χ0n) is 22.5. The van der Waals surface area contributed by atoms with Gasteiger partial charge in [-0.25, -0.2) is 0 Å². The van der Waals surface area contributed by atoms with Crippen molar-refractivity contribution in [3.05, 3.63) is 158 Å². The van der Waals surface area contributed by atoms with E-state index in [1.807, 2.05) is 0 Å². The number of hydrogen-bond acceptors (Lipinski definition) is 1. The molecule has 0 saturated carbocycles. The second-order valence-corrected chi connectivity index (χ2v) is 10.7. The van der Waals surface area contributed by atoms with Crippen LogP contribution in [0, 0.1) is 0 Å². The van der Waals surface area contributed by atoms with E-state index in [4.69, 9.17) is 0 Å². The average molecular weight is 522 g/mol. The van der Waals surface area contributed by atoms with Crippen LogP contribution >= 0.6 is 0 Å². The molecule has 8 rings (SSSR count). The van der Waals surface area contributed by atoms with Gasteiger partial charge in [0.1, 0.15) is 0 Å². The molecule has 0 saturated heterocycles. The van der Waals surface area contributed by atoms with Gasteiger partial charge in [-0.2, -0.15) is 0 Å². The summed E-state index contributed by atoms with van der Waals surface area (Å²) in [5.74, 6) is 0. The molecule has 1 nitrogen and oxygen atoms in total. The van der Waals surface area contributed by atoms with Crippen molar-refractivity contribution < 1.29 is 0 Å². The maximum atomic E-state index is 3.69. The van der Waals surface area contributed by atoms with Crippen molar-refractivity contribution in [1.29, 1.82) is 0 Å². The molecule has 8 aromatic carbocycles. The highest BCUT2D eigenvalue weighted by Gasteiger charge is 2.11.